The van der Waals surface area contributed by atoms with E-state index in [2.05, 4.69) is 20.7 Å². The third-order valence-electron chi connectivity index (χ3n) is 4.43. The molecular formula is C21H26N4O6S. The highest BCUT2D eigenvalue weighted by molar-refractivity contribution is 7.89. The molecule has 0 saturated heterocycles. The molecule has 0 saturated carbocycles. The average molecular weight is 463 g/mol. The third kappa shape index (κ3) is 6.79. The van der Waals surface area contributed by atoms with Gasteiger partial charge in [-0.05, 0) is 35.9 Å². The van der Waals surface area contributed by atoms with Crippen LogP contribution in [0.4, 0.5) is 5.69 Å². The van der Waals surface area contributed by atoms with E-state index in [0.29, 0.717) is 16.8 Å². The normalized spacial score (nSPS) is 11.0. The van der Waals surface area contributed by atoms with Gasteiger partial charge in [-0.1, -0.05) is 18.2 Å². The summed E-state index contributed by atoms with van der Waals surface area (Å²) in [7, 11) is 0.501. The standard InChI is InChI=1S/C21H26N4O6S/c1-25(2)32(29,30)18-7-5-4-6-16(18)12-23-19(26)13-22-17-10-8-15(9-11-17)21(28)24-14-20(27)31-3/h4-11,22H,12-14H2,1-3H3,(H,23,26)(H,24,28). The number of benzene rings is 2. The highest BCUT2D eigenvalue weighted by Gasteiger charge is 2.20. The topological polar surface area (TPSA) is 134 Å². The Morgan fingerprint density at radius 2 is 1.59 bits per heavy atom. The monoisotopic (exact) mass is 462 g/mol. The maximum atomic E-state index is 12.4. The summed E-state index contributed by atoms with van der Waals surface area (Å²) in [4.78, 5) is 35.4. The molecule has 10 nitrogen and oxygen atoms in total. The molecular weight excluding hydrogens is 436 g/mol. The number of carbonyl (C=O) groups excluding carboxylic acids is 3. The number of nitrogens with zero attached hydrogens (tertiary/aromatic N) is 1. The Bertz CT molecular complexity index is 1070. The zero-order valence-electron chi connectivity index (χ0n) is 18.0. The third-order valence-corrected chi connectivity index (χ3v) is 6.34. The average Bonchev–Trinajstić information content (AvgIpc) is 2.79. The molecule has 11 heteroatoms. The fourth-order valence-electron chi connectivity index (χ4n) is 2.60. The van der Waals surface area contributed by atoms with Gasteiger partial charge in [0, 0.05) is 31.9 Å². The lowest BCUT2D eigenvalue weighted by Gasteiger charge is -2.15. The molecule has 0 bridgehead atoms. The van der Waals surface area contributed by atoms with E-state index in [9.17, 15) is 22.8 Å². The molecule has 0 aromatic heterocycles. The van der Waals surface area contributed by atoms with Crippen LogP contribution in [0.3, 0.4) is 0 Å². The zero-order chi connectivity index (χ0) is 23.7. The van der Waals surface area contributed by atoms with E-state index < -0.39 is 21.9 Å². The van der Waals surface area contributed by atoms with Crippen molar-refractivity contribution < 1.29 is 27.5 Å². The Hall–Kier alpha value is -3.44. The van der Waals surface area contributed by atoms with Crippen molar-refractivity contribution in [1.82, 2.24) is 14.9 Å². The first kappa shape index (κ1) is 24.8. The first-order valence-electron chi connectivity index (χ1n) is 9.61. The molecule has 2 amide bonds. The van der Waals surface area contributed by atoms with Crippen LogP contribution >= 0.6 is 0 Å². The van der Waals surface area contributed by atoms with Crippen molar-refractivity contribution in [3.63, 3.8) is 0 Å². The van der Waals surface area contributed by atoms with Gasteiger partial charge in [-0.15, -0.1) is 0 Å². The lowest BCUT2D eigenvalue weighted by molar-refractivity contribution is -0.139. The molecule has 0 heterocycles. The van der Waals surface area contributed by atoms with Gasteiger partial charge in [-0.3, -0.25) is 14.4 Å². The van der Waals surface area contributed by atoms with Gasteiger partial charge in [0.25, 0.3) is 5.91 Å². The molecule has 0 aliphatic heterocycles. The number of anilines is 1. The van der Waals surface area contributed by atoms with Crippen LogP contribution < -0.4 is 16.0 Å². The van der Waals surface area contributed by atoms with E-state index in [0.717, 1.165) is 4.31 Å². The summed E-state index contributed by atoms with van der Waals surface area (Å²) in [5, 5.41) is 8.05. The molecule has 2 aromatic rings. The lowest BCUT2D eigenvalue weighted by Crippen LogP contribution is -2.31. The van der Waals surface area contributed by atoms with E-state index in [1.165, 1.54) is 27.3 Å². The second-order valence-electron chi connectivity index (χ2n) is 6.86. The first-order chi connectivity index (χ1) is 15.1. The van der Waals surface area contributed by atoms with Gasteiger partial charge in [0.05, 0.1) is 18.6 Å². The van der Waals surface area contributed by atoms with Gasteiger partial charge in [0.1, 0.15) is 6.54 Å². The number of hydrogen-bond donors (Lipinski definition) is 3. The largest absolute Gasteiger partial charge is 0.468 e. The van der Waals surface area contributed by atoms with Crippen molar-refractivity contribution in [3.8, 4) is 0 Å². The van der Waals surface area contributed by atoms with E-state index in [1.54, 1.807) is 42.5 Å². The molecule has 0 aliphatic rings. The number of methoxy groups -OCH3 is 1. The van der Waals surface area contributed by atoms with Crippen LogP contribution in [0.15, 0.2) is 53.4 Å². The molecule has 0 atom stereocenters. The Kier molecular flexibility index (Phi) is 8.73. The summed E-state index contributed by atoms with van der Waals surface area (Å²) >= 11 is 0. The Labute approximate surface area is 187 Å². The van der Waals surface area contributed by atoms with Gasteiger partial charge < -0.3 is 20.7 Å². The zero-order valence-corrected chi connectivity index (χ0v) is 18.9. The number of sulfonamides is 1. The second-order valence-corrected chi connectivity index (χ2v) is 8.98. The maximum absolute atomic E-state index is 12.4. The second kappa shape index (κ2) is 11.3. The van der Waals surface area contributed by atoms with Crippen molar-refractivity contribution in [2.45, 2.75) is 11.4 Å². The minimum absolute atomic E-state index is 0.0452. The maximum Gasteiger partial charge on any atom is 0.325 e. The molecule has 172 valence electrons. The predicted octanol–water partition coefficient (Wildman–Crippen LogP) is 0.568. The minimum atomic E-state index is -3.62. The SMILES string of the molecule is COC(=O)CNC(=O)c1ccc(NCC(=O)NCc2ccccc2S(=O)(=O)N(C)C)cc1. The summed E-state index contributed by atoms with van der Waals surface area (Å²) in [5.41, 5.74) is 1.44. The molecule has 0 fully saturated rings. The van der Waals surface area contributed by atoms with Crippen LogP contribution in [0, 0.1) is 0 Å². The summed E-state index contributed by atoms with van der Waals surface area (Å²) in [6.07, 6.45) is 0. The Balaban J connectivity index is 1.88. The summed E-state index contributed by atoms with van der Waals surface area (Å²) in [6.45, 7) is -0.214. The summed E-state index contributed by atoms with van der Waals surface area (Å²) in [6, 6.07) is 12.8. The quantitative estimate of drug-likeness (QED) is 0.440. The van der Waals surface area contributed by atoms with Crippen LogP contribution in [0.5, 0.6) is 0 Å². The smallest absolute Gasteiger partial charge is 0.325 e. The molecule has 0 aliphatic carbocycles. The van der Waals surface area contributed by atoms with E-state index in [1.807, 2.05) is 0 Å². The van der Waals surface area contributed by atoms with Crippen LogP contribution in [0.25, 0.3) is 0 Å². The van der Waals surface area contributed by atoms with Crippen molar-refractivity contribution in [1.29, 1.82) is 0 Å². The molecule has 32 heavy (non-hydrogen) atoms. The fourth-order valence-corrected chi connectivity index (χ4v) is 3.72. The van der Waals surface area contributed by atoms with Crippen LogP contribution in [0.2, 0.25) is 0 Å². The van der Waals surface area contributed by atoms with Gasteiger partial charge in [-0.25, -0.2) is 12.7 Å². The lowest BCUT2D eigenvalue weighted by atomic mass is 10.2. The van der Waals surface area contributed by atoms with Gasteiger partial charge in [0.15, 0.2) is 0 Å². The van der Waals surface area contributed by atoms with E-state index in [4.69, 9.17) is 0 Å². The number of esters is 1. The first-order valence-corrected chi connectivity index (χ1v) is 11.0. The molecule has 3 N–H and O–H groups in total. The van der Waals surface area contributed by atoms with Gasteiger partial charge in [0.2, 0.25) is 15.9 Å². The van der Waals surface area contributed by atoms with E-state index >= 15 is 0 Å². The highest BCUT2D eigenvalue weighted by atomic mass is 32.2. The van der Waals surface area contributed by atoms with Crippen molar-refractivity contribution in [3.05, 3.63) is 59.7 Å². The summed E-state index contributed by atoms with van der Waals surface area (Å²) < 4.78 is 30.4. The number of hydrogen-bond acceptors (Lipinski definition) is 7. The number of amides is 2. The van der Waals surface area contributed by atoms with Crippen LogP contribution in [-0.2, 0) is 30.9 Å². The molecule has 2 rings (SSSR count). The minimum Gasteiger partial charge on any atom is -0.468 e. The summed E-state index contributed by atoms with van der Waals surface area (Å²) in [5.74, 6) is -1.31. The number of rotatable bonds is 10. The van der Waals surface area contributed by atoms with E-state index in [-0.39, 0.29) is 30.4 Å². The van der Waals surface area contributed by atoms with Gasteiger partial charge in [-0.2, -0.15) is 0 Å². The molecule has 0 spiro atoms. The van der Waals surface area contributed by atoms with Gasteiger partial charge >= 0.3 is 5.97 Å². The Morgan fingerprint density at radius 1 is 0.938 bits per heavy atom. The molecule has 2 aromatic carbocycles. The van der Waals surface area contributed by atoms with Crippen molar-refractivity contribution >= 4 is 33.5 Å². The number of nitrogens with one attached hydrogen (secondary N) is 3. The number of ether oxygens (including phenoxy) is 1. The predicted molar refractivity (Wildman–Crippen MR) is 118 cm³/mol. The fraction of sp³-hybridized carbons (Fsp3) is 0.286. The molecule has 0 radical (unpaired) electrons. The van der Waals surface area contributed by atoms with Crippen molar-refractivity contribution in [2.75, 3.05) is 39.6 Å². The van der Waals surface area contributed by atoms with Crippen LogP contribution in [0.1, 0.15) is 15.9 Å². The highest BCUT2D eigenvalue weighted by Crippen LogP contribution is 2.18. The molecule has 0 unspecified atom stereocenters. The Morgan fingerprint density at radius 3 is 2.22 bits per heavy atom. The van der Waals surface area contributed by atoms with Crippen LogP contribution in [-0.4, -0.2) is 64.8 Å². The number of carbonyl (C=O) groups is 3. The van der Waals surface area contributed by atoms with Crippen molar-refractivity contribution in [2.24, 2.45) is 0 Å².